The zero-order chi connectivity index (χ0) is 7.90. The summed E-state index contributed by atoms with van der Waals surface area (Å²) in [5, 5.41) is 0. The summed E-state index contributed by atoms with van der Waals surface area (Å²) in [6.45, 7) is 3.33. The van der Waals surface area contributed by atoms with Gasteiger partial charge in [0.2, 0.25) is 0 Å². The standard InChI is InChI=1S/C8H12O3/c1-8-5-6(9)7(8)10-3-2-4-11-8/h7H,2-5H2,1H3. The molecule has 0 aromatic carbocycles. The van der Waals surface area contributed by atoms with Crippen molar-refractivity contribution >= 4 is 5.78 Å². The number of hydrogen-bond acceptors (Lipinski definition) is 3. The Bertz CT molecular complexity index is 190. The topological polar surface area (TPSA) is 35.5 Å². The first kappa shape index (κ1) is 7.25. The van der Waals surface area contributed by atoms with E-state index in [0.717, 1.165) is 13.0 Å². The Kier molecular flexibility index (Phi) is 1.51. The van der Waals surface area contributed by atoms with E-state index in [1.807, 2.05) is 6.92 Å². The van der Waals surface area contributed by atoms with Gasteiger partial charge in [-0.2, -0.15) is 0 Å². The number of Topliss-reactive ketones (excluding diaryl/α,β-unsaturated/α-hetero) is 1. The molecule has 1 saturated heterocycles. The summed E-state index contributed by atoms with van der Waals surface area (Å²) < 4.78 is 10.9. The predicted molar refractivity (Wildman–Crippen MR) is 38.3 cm³/mol. The second kappa shape index (κ2) is 2.29. The van der Waals surface area contributed by atoms with Crippen LogP contribution in [0.3, 0.4) is 0 Å². The molecule has 0 amide bonds. The van der Waals surface area contributed by atoms with Gasteiger partial charge in [0.1, 0.15) is 11.7 Å². The molecule has 0 aromatic heterocycles. The van der Waals surface area contributed by atoms with Gasteiger partial charge in [-0.15, -0.1) is 0 Å². The van der Waals surface area contributed by atoms with Crippen molar-refractivity contribution in [3.05, 3.63) is 0 Å². The minimum absolute atomic E-state index is 0.189. The second-order valence-corrected chi connectivity index (χ2v) is 3.41. The Morgan fingerprint density at radius 2 is 2.36 bits per heavy atom. The first-order valence-corrected chi connectivity index (χ1v) is 4.01. The molecule has 2 fully saturated rings. The second-order valence-electron chi connectivity index (χ2n) is 3.41. The Morgan fingerprint density at radius 3 is 3.09 bits per heavy atom. The summed E-state index contributed by atoms with van der Waals surface area (Å²) in [7, 11) is 0. The molecule has 1 aliphatic heterocycles. The monoisotopic (exact) mass is 156 g/mol. The third-order valence-corrected chi connectivity index (χ3v) is 2.38. The molecule has 62 valence electrons. The van der Waals surface area contributed by atoms with E-state index < -0.39 is 0 Å². The predicted octanol–water partition coefficient (Wildman–Crippen LogP) is 0.523. The summed E-state index contributed by atoms with van der Waals surface area (Å²) in [4.78, 5) is 11.0. The molecule has 1 saturated carbocycles. The maximum atomic E-state index is 11.0. The molecule has 0 N–H and O–H groups in total. The lowest BCUT2D eigenvalue weighted by atomic mass is 9.77. The minimum Gasteiger partial charge on any atom is -0.372 e. The summed E-state index contributed by atoms with van der Waals surface area (Å²) in [5.41, 5.74) is -0.298. The van der Waals surface area contributed by atoms with E-state index in [4.69, 9.17) is 9.47 Å². The molecule has 1 aliphatic carbocycles. The van der Waals surface area contributed by atoms with Gasteiger partial charge in [-0.25, -0.2) is 0 Å². The van der Waals surface area contributed by atoms with Crippen LogP contribution in [0.2, 0.25) is 0 Å². The number of rotatable bonds is 0. The molecule has 0 aromatic rings. The summed E-state index contributed by atoms with van der Waals surface area (Å²) in [6, 6.07) is 0. The largest absolute Gasteiger partial charge is 0.372 e. The number of carbonyl (C=O) groups excluding carboxylic acids is 1. The first-order chi connectivity index (χ1) is 5.22. The van der Waals surface area contributed by atoms with Crippen molar-refractivity contribution in [1.82, 2.24) is 0 Å². The first-order valence-electron chi connectivity index (χ1n) is 4.01. The Hall–Kier alpha value is -0.410. The van der Waals surface area contributed by atoms with Gasteiger partial charge in [0.15, 0.2) is 5.78 Å². The summed E-state index contributed by atoms with van der Waals surface area (Å²) in [6.07, 6.45) is 1.15. The van der Waals surface area contributed by atoms with Crippen LogP contribution in [0, 0.1) is 0 Å². The Labute approximate surface area is 65.7 Å². The van der Waals surface area contributed by atoms with Crippen LogP contribution in [0.15, 0.2) is 0 Å². The number of ketones is 1. The van der Waals surface area contributed by atoms with Gasteiger partial charge in [-0.1, -0.05) is 0 Å². The van der Waals surface area contributed by atoms with Crippen molar-refractivity contribution in [2.75, 3.05) is 13.2 Å². The molecule has 0 radical (unpaired) electrons. The van der Waals surface area contributed by atoms with E-state index in [9.17, 15) is 4.79 Å². The fourth-order valence-corrected chi connectivity index (χ4v) is 1.70. The maximum Gasteiger partial charge on any atom is 0.167 e. The lowest BCUT2D eigenvalue weighted by Gasteiger charge is -2.42. The molecular formula is C8H12O3. The number of hydrogen-bond donors (Lipinski definition) is 0. The van der Waals surface area contributed by atoms with Crippen LogP contribution in [0.5, 0.6) is 0 Å². The van der Waals surface area contributed by atoms with Crippen LogP contribution >= 0.6 is 0 Å². The van der Waals surface area contributed by atoms with Crippen LogP contribution in [-0.2, 0) is 14.3 Å². The average molecular weight is 156 g/mol. The molecule has 0 bridgehead atoms. The van der Waals surface area contributed by atoms with Gasteiger partial charge in [0, 0.05) is 19.6 Å². The quantitative estimate of drug-likeness (QED) is 0.513. The van der Waals surface area contributed by atoms with E-state index in [0.29, 0.717) is 13.0 Å². The highest BCUT2D eigenvalue weighted by Crippen LogP contribution is 2.36. The molecule has 2 aliphatic rings. The highest BCUT2D eigenvalue weighted by atomic mass is 16.6. The molecule has 1 heterocycles. The maximum absolute atomic E-state index is 11.0. The molecule has 0 spiro atoms. The van der Waals surface area contributed by atoms with Gasteiger partial charge in [-0.05, 0) is 13.3 Å². The Balaban J connectivity index is 2.11. The molecule has 2 unspecified atom stereocenters. The third-order valence-electron chi connectivity index (χ3n) is 2.38. The van der Waals surface area contributed by atoms with E-state index in [2.05, 4.69) is 0 Å². The minimum atomic E-state index is -0.298. The van der Waals surface area contributed by atoms with Crippen LogP contribution in [0.1, 0.15) is 19.8 Å². The zero-order valence-electron chi connectivity index (χ0n) is 6.63. The average Bonchev–Trinajstić information content (AvgIpc) is 2.08. The highest BCUT2D eigenvalue weighted by molar-refractivity contribution is 5.92. The SMILES string of the molecule is CC12CC(=O)C1OCCCO2. The molecule has 3 nitrogen and oxygen atoms in total. The van der Waals surface area contributed by atoms with Crippen LogP contribution in [0.4, 0.5) is 0 Å². The summed E-state index contributed by atoms with van der Waals surface area (Å²) >= 11 is 0. The van der Waals surface area contributed by atoms with Gasteiger partial charge in [0.25, 0.3) is 0 Å². The van der Waals surface area contributed by atoms with Crippen molar-refractivity contribution in [3.63, 3.8) is 0 Å². The van der Waals surface area contributed by atoms with Crippen molar-refractivity contribution < 1.29 is 14.3 Å². The fraction of sp³-hybridized carbons (Fsp3) is 0.875. The number of fused-ring (bicyclic) bond motifs is 1. The van der Waals surface area contributed by atoms with Gasteiger partial charge < -0.3 is 9.47 Å². The smallest absolute Gasteiger partial charge is 0.167 e. The molecule has 2 atom stereocenters. The molecule has 11 heavy (non-hydrogen) atoms. The van der Waals surface area contributed by atoms with Crippen molar-refractivity contribution in [2.24, 2.45) is 0 Å². The lowest BCUT2D eigenvalue weighted by Crippen LogP contribution is -2.59. The van der Waals surface area contributed by atoms with Crippen molar-refractivity contribution in [2.45, 2.75) is 31.5 Å². The fourth-order valence-electron chi connectivity index (χ4n) is 1.70. The van der Waals surface area contributed by atoms with Gasteiger partial charge in [0.05, 0.1) is 0 Å². The van der Waals surface area contributed by atoms with Crippen molar-refractivity contribution in [1.29, 1.82) is 0 Å². The molecular weight excluding hydrogens is 144 g/mol. The van der Waals surface area contributed by atoms with Gasteiger partial charge >= 0.3 is 0 Å². The molecule has 3 heteroatoms. The van der Waals surface area contributed by atoms with E-state index in [1.165, 1.54) is 0 Å². The number of carbonyl (C=O) groups is 1. The zero-order valence-corrected chi connectivity index (χ0v) is 6.63. The normalized spacial score (nSPS) is 44.1. The van der Waals surface area contributed by atoms with Crippen LogP contribution in [-0.4, -0.2) is 30.7 Å². The Morgan fingerprint density at radius 1 is 1.55 bits per heavy atom. The lowest BCUT2D eigenvalue weighted by molar-refractivity contribution is -0.182. The van der Waals surface area contributed by atoms with Crippen LogP contribution in [0.25, 0.3) is 0 Å². The highest BCUT2D eigenvalue weighted by Gasteiger charge is 2.53. The van der Waals surface area contributed by atoms with E-state index >= 15 is 0 Å². The summed E-state index contributed by atoms with van der Waals surface area (Å²) in [5.74, 6) is 0.189. The van der Waals surface area contributed by atoms with Crippen LogP contribution < -0.4 is 0 Å². The molecule has 2 rings (SSSR count). The van der Waals surface area contributed by atoms with Gasteiger partial charge in [-0.3, -0.25) is 4.79 Å². The van der Waals surface area contributed by atoms with E-state index in [1.54, 1.807) is 0 Å². The van der Waals surface area contributed by atoms with Crippen molar-refractivity contribution in [3.8, 4) is 0 Å². The van der Waals surface area contributed by atoms with E-state index in [-0.39, 0.29) is 17.5 Å². The number of ether oxygens (including phenoxy) is 2. The third kappa shape index (κ3) is 0.993.